The minimum Gasteiger partial charge on any atom is -0.448 e. The van der Waals surface area contributed by atoms with Crippen LogP contribution in [0.15, 0.2) is 27.4 Å². The van der Waals surface area contributed by atoms with Gasteiger partial charge in [0.05, 0.1) is 5.56 Å². The Morgan fingerprint density at radius 2 is 1.85 bits per heavy atom. The number of halogens is 4. The van der Waals surface area contributed by atoms with Gasteiger partial charge < -0.3 is 9.40 Å². The highest BCUT2D eigenvalue weighted by Crippen LogP contribution is 2.33. The molecule has 0 unspecified atom stereocenters. The number of nitrogens with zero attached hydrogens (tertiary/aromatic N) is 1. The number of hydrogen-bond acceptors (Lipinski definition) is 3. The summed E-state index contributed by atoms with van der Waals surface area (Å²) < 4.78 is 56.0. The van der Waals surface area contributed by atoms with E-state index in [1.807, 2.05) is 4.98 Å². The Bertz CT molecular complexity index is 854. The number of para-hydroxylation sites is 1. The molecule has 4 nitrogen and oxygen atoms in total. The van der Waals surface area contributed by atoms with Crippen molar-refractivity contribution >= 4 is 22.1 Å². The average molecular weight is 286 g/mol. The lowest BCUT2D eigenvalue weighted by Crippen LogP contribution is -2.10. The van der Waals surface area contributed by atoms with Crippen molar-refractivity contribution in [1.29, 1.82) is 0 Å². The molecule has 0 spiro atoms. The lowest BCUT2D eigenvalue weighted by molar-refractivity contribution is 0.140. The SMILES string of the molecule is O=c1[nH]c(C(F)F)nc2c1oc1c(C(F)F)cccc12. The Kier molecular flexibility index (Phi) is 2.73. The van der Waals surface area contributed by atoms with E-state index >= 15 is 0 Å². The predicted octanol–water partition coefficient (Wildman–Crippen LogP) is 3.54. The van der Waals surface area contributed by atoms with Crippen LogP contribution in [-0.2, 0) is 0 Å². The van der Waals surface area contributed by atoms with Gasteiger partial charge >= 0.3 is 0 Å². The maximum Gasteiger partial charge on any atom is 0.295 e. The van der Waals surface area contributed by atoms with Crippen molar-refractivity contribution < 1.29 is 22.0 Å². The summed E-state index contributed by atoms with van der Waals surface area (Å²) in [6.45, 7) is 0. The van der Waals surface area contributed by atoms with Gasteiger partial charge in [-0.05, 0) is 12.1 Å². The molecule has 104 valence electrons. The molecule has 2 aromatic heterocycles. The third kappa shape index (κ3) is 1.75. The first-order valence-corrected chi connectivity index (χ1v) is 5.50. The first-order chi connectivity index (χ1) is 9.49. The molecule has 0 saturated carbocycles. The van der Waals surface area contributed by atoms with E-state index in [1.165, 1.54) is 12.1 Å². The van der Waals surface area contributed by atoms with Crippen LogP contribution >= 0.6 is 0 Å². The van der Waals surface area contributed by atoms with Crippen LogP contribution in [0.2, 0.25) is 0 Å². The Balaban J connectivity index is 2.46. The second-order valence-corrected chi connectivity index (χ2v) is 4.06. The van der Waals surface area contributed by atoms with Gasteiger partial charge in [0.1, 0.15) is 11.1 Å². The van der Waals surface area contributed by atoms with Gasteiger partial charge in [0.15, 0.2) is 5.82 Å². The number of benzene rings is 1. The summed E-state index contributed by atoms with van der Waals surface area (Å²) in [5, 5.41) is 0.103. The summed E-state index contributed by atoms with van der Waals surface area (Å²) in [5.74, 6) is -0.826. The minimum absolute atomic E-state index is 0.103. The Morgan fingerprint density at radius 3 is 2.50 bits per heavy atom. The van der Waals surface area contributed by atoms with Crippen molar-refractivity contribution in [3.05, 3.63) is 39.9 Å². The summed E-state index contributed by atoms with van der Waals surface area (Å²) in [6, 6.07) is 3.84. The van der Waals surface area contributed by atoms with Gasteiger partial charge in [-0.15, -0.1) is 0 Å². The van der Waals surface area contributed by atoms with Crippen LogP contribution in [0.3, 0.4) is 0 Å². The van der Waals surface area contributed by atoms with E-state index < -0.39 is 29.8 Å². The first kappa shape index (κ1) is 12.6. The molecule has 8 heteroatoms. The van der Waals surface area contributed by atoms with Crippen molar-refractivity contribution in [3.8, 4) is 0 Å². The van der Waals surface area contributed by atoms with Gasteiger partial charge in [0.25, 0.3) is 18.4 Å². The van der Waals surface area contributed by atoms with Crippen LogP contribution in [0.4, 0.5) is 17.6 Å². The number of aromatic amines is 1. The highest BCUT2D eigenvalue weighted by molar-refractivity contribution is 6.03. The fourth-order valence-corrected chi connectivity index (χ4v) is 1.99. The molecule has 0 amide bonds. The van der Waals surface area contributed by atoms with Crippen molar-refractivity contribution in [1.82, 2.24) is 9.97 Å². The van der Waals surface area contributed by atoms with E-state index in [-0.39, 0.29) is 22.1 Å². The molecule has 20 heavy (non-hydrogen) atoms. The highest BCUT2D eigenvalue weighted by Gasteiger charge is 2.21. The summed E-state index contributed by atoms with van der Waals surface area (Å²) in [4.78, 5) is 17.1. The van der Waals surface area contributed by atoms with Crippen molar-refractivity contribution in [3.63, 3.8) is 0 Å². The zero-order chi connectivity index (χ0) is 14.4. The summed E-state index contributed by atoms with van der Waals surface area (Å²) in [7, 11) is 0. The number of fused-ring (bicyclic) bond motifs is 3. The molecule has 3 rings (SSSR count). The van der Waals surface area contributed by atoms with Gasteiger partial charge in [0.2, 0.25) is 5.58 Å². The zero-order valence-electron chi connectivity index (χ0n) is 9.66. The lowest BCUT2D eigenvalue weighted by Gasteiger charge is -1.99. The van der Waals surface area contributed by atoms with Gasteiger partial charge in [-0.1, -0.05) is 6.07 Å². The van der Waals surface area contributed by atoms with Gasteiger partial charge in [-0.2, -0.15) is 0 Å². The summed E-state index contributed by atoms with van der Waals surface area (Å²) in [6.07, 6.45) is -5.79. The standard InChI is InChI=1S/C12H6F4N2O2/c13-9(14)5-3-1-2-4-6-8(20-7(4)5)12(19)18-11(17-6)10(15)16/h1-3,9-10H,(H,17,18,19). The number of H-pyrrole nitrogens is 1. The van der Waals surface area contributed by atoms with Crippen molar-refractivity contribution in [2.75, 3.05) is 0 Å². The molecule has 0 aliphatic carbocycles. The van der Waals surface area contributed by atoms with Crippen LogP contribution in [0, 0.1) is 0 Å². The Hall–Kier alpha value is -2.38. The quantitative estimate of drug-likeness (QED) is 0.733. The normalized spacial score (nSPS) is 12.1. The largest absolute Gasteiger partial charge is 0.448 e. The van der Waals surface area contributed by atoms with Crippen LogP contribution in [0.25, 0.3) is 22.1 Å². The van der Waals surface area contributed by atoms with Gasteiger partial charge in [-0.3, -0.25) is 4.79 Å². The smallest absolute Gasteiger partial charge is 0.295 e. The monoisotopic (exact) mass is 286 g/mol. The number of rotatable bonds is 2. The summed E-state index contributed by atoms with van der Waals surface area (Å²) in [5.41, 5.74) is -2.07. The van der Waals surface area contributed by atoms with Crippen LogP contribution in [0.1, 0.15) is 24.2 Å². The first-order valence-electron chi connectivity index (χ1n) is 5.50. The molecule has 2 heterocycles. The second-order valence-electron chi connectivity index (χ2n) is 4.06. The lowest BCUT2D eigenvalue weighted by atomic mass is 10.1. The number of furan rings is 1. The van der Waals surface area contributed by atoms with E-state index in [1.54, 1.807) is 0 Å². The molecule has 0 aliphatic heterocycles. The number of hydrogen-bond donors (Lipinski definition) is 1. The van der Waals surface area contributed by atoms with Crippen molar-refractivity contribution in [2.24, 2.45) is 0 Å². The zero-order valence-corrected chi connectivity index (χ0v) is 9.66. The number of nitrogens with one attached hydrogen (secondary N) is 1. The van der Waals surface area contributed by atoms with Crippen LogP contribution in [-0.4, -0.2) is 9.97 Å². The highest BCUT2D eigenvalue weighted by atomic mass is 19.3. The Morgan fingerprint density at radius 1 is 1.10 bits per heavy atom. The topological polar surface area (TPSA) is 58.9 Å². The van der Waals surface area contributed by atoms with Crippen LogP contribution < -0.4 is 5.56 Å². The maximum atomic E-state index is 12.8. The molecule has 3 aromatic rings. The molecular formula is C12H6F4N2O2. The Labute approximate surface area is 108 Å². The van der Waals surface area contributed by atoms with E-state index in [9.17, 15) is 22.4 Å². The molecule has 0 bridgehead atoms. The number of aromatic nitrogens is 2. The van der Waals surface area contributed by atoms with E-state index in [0.29, 0.717) is 0 Å². The van der Waals surface area contributed by atoms with E-state index in [4.69, 9.17) is 4.42 Å². The molecule has 0 radical (unpaired) electrons. The third-order valence-corrected chi connectivity index (χ3v) is 2.84. The van der Waals surface area contributed by atoms with E-state index in [0.717, 1.165) is 6.07 Å². The maximum absolute atomic E-state index is 12.8. The van der Waals surface area contributed by atoms with Crippen molar-refractivity contribution in [2.45, 2.75) is 12.9 Å². The fraction of sp³-hybridized carbons (Fsp3) is 0.167. The number of alkyl halides is 4. The van der Waals surface area contributed by atoms with E-state index in [2.05, 4.69) is 4.98 Å². The molecule has 0 aliphatic rings. The summed E-state index contributed by atoms with van der Waals surface area (Å²) >= 11 is 0. The fourth-order valence-electron chi connectivity index (χ4n) is 1.99. The molecule has 0 fully saturated rings. The molecular weight excluding hydrogens is 280 g/mol. The molecule has 1 aromatic carbocycles. The molecule has 0 saturated heterocycles. The molecule has 0 atom stereocenters. The molecule has 1 N–H and O–H groups in total. The van der Waals surface area contributed by atoms with Crippen LogP contribution in [0.5, 0.6) is 0 Å². The minimum atomic E-state index is -2.98. The van der Waals surface area contributed by atoms with Gasteiger partial charge in [0, 0.05) is 5.39 Å². The average Bonchev–Trinajstić information content (AvgIpc) is 2.77. The van der Waals surface area contributed by atoms with Gasteiger partial charge in [-0.25, -0.2) is 22.5 Å². The third-order valence-electron chi connectivity index (χ3n) is 2.84. The second kappa shape index (κ2) is 4.32. The predicted molar refractivity (Wildman–Crippen MR) is 62.0 cm³/mol.